The Labute approximate surface area is 99.0 Å². The first-order valence-corrected chi connectivity index (χ1v) is 5.47. The molecule has 0 atom stereocenters. The van der Waals surface area contributed by atoms with Crippen molar-refractivity contribution in [2.75, 3.05) is 5.32 Å². The number of carbonyl (C=O) groups is 1. The number of amides is 1. The van der Waals surface area contributed by atoms with E-state index in [0.717, 1.165) is 18.2 Å². The van der Waals surface area contributed by atoms with Crippen LogP contribution in [0.25, 0.3) is 0 Å². The molecule has 0 bridgehead atoms. The molecule has 0 saturated heterocycles. The Morgan fingerprint density at radius 2 is 1.71 bits per heavy atom. The predicted molar refractivity (Wildman–Crippen MR) is 62.5 cm³/mol. The number of hydrogen-bond acceptors (Lipinski definition) is 2. The van der Waals surface area contributed by atoms with Crippen LogP contribution in [0.4, 0.5) is 14.5 Å². The summed E-state index contributed by atoms with van der Waals surface area (Å²) < 4.78 is 25.8. The van der Waals surface area contributed by atoms with Crippen molar-refractivity contribution >= 4 is 11.6 Å². The van der Waals surface area contributed by atoms with Gasteiger partial charge in [-0.3, -0.25) is 4.79 Å². The minimum Gasteiger partial charge on any atom is -0.324 e. The van der Waals surface area contributed by atoms with Crippen molar-refractivity contribution in [3.63, 3.8) is 0 Å². The maximum absolute atomic E-state index is 12.9. The van der Waals surface area contributed by atoms with E-state index in [0.29, 0.717) is 12.8 Å². The quantitative estimate of drug-likeness (QED) is 0.852. The fourth-order valence-corrected chi connectivity index (χ4v) is 1.45. The number of hydrogen-bond donors (Lipinski definition) is 2. The van der Waals surface area contributed by atoms with Crippen molar-refractivity contribution in [2.24, 2.45) is 5.73 Å². The number of benzene rings is 1. The molecule has 1 aromatic carbocycles. The van der Waals surface area contributed by atoms with Crippen molar-refractivity contribution in [3.05, 3.63) is 29.8 Å². The molecule has 0 saturated carbocycles. The molecule has 0 aliphatic rings. The third kappa shape index (κ3) is 3.23. The minimum atomic E-state index is -1.01. The van der Waals surface area contributed by atoms with Gasteiger partial charge in [0.05, 0.1) is 5.54 Å². The normalized spacial score (nSPS) is 11.4. The number of carbonyl (C=O) groups excluding carboxylic acids is 1. The monoisotopic (exact) mass is 242 g/mol. The molecule has 0 spiro atoms. The lowest BCUT2D eigenvalue weighted by molar-refractivity contribution is -0.121. The fourth-order valence-electron chi connectivity index (χ4n) is 1.45. The summed E-state index contributed by atoms with van der Waals surface area (Å²) in [5.41, 5.74) is 4.93. The van der Waals surface area contributed by atoms with E-state index in [9.17, 15) is 13.6 Å². The molecule has 3 N–H and O–H groups in total. The standard InChI is InChI=1S/C12H16F2N2O/c1-3-12(15,4-2)11(17)16-10-6-8(13)5-9(14)7-10/h5-7H,3-4,15H2,1-2H3,(H,16,17). The van der Waals surface area contributed by atoms with Crippen LogP contribution in [0.2, 0.25) is 0 Å². The highest BCUT2D eigenvalue weighted by molar-refractivity contribution is 5.97. The molecule has 1 aromatic rings. The molecule has 5 heteroatoms. The van der Waals surface area contributed by atoms with Crippen LogP contribution in [-0.2, 0) is 4.79 Å². The van der Waals surface area contributed by atoms with Crippen molar-refractivity contribution in [3.8, 4) is 0 Å². The van der Waals surface area contributed by atoms with Gasteiger partial charge in [0.15, 0.2) is 0 Å². The largest absolute Gasteiger partial charge is 0.324 e. The zero-order chi connectivity index (χ0) is 13.1. The second-order valence-corrected chi connectivity index (χ2v) is 3.98. The van der Waals surface area contributed by atoms with E-state index in [2.05, 4.69) is 5.32 Å². The molecule has 94 valence electrons. The number of nitrogens with two attached hydrogens (primary N) is 1. The SMILES string of the molecule is CCC(N)(CC)C(=O)Nc1cc(F)cc(F)c1. The second kappa shape index (κ2) is 5.23. The average Bonchev–Trinajstić information content (AvgIpc) is 2.26. The third-order valence-corrected chi connectivity index (χ3v) is 2.83. The lowest BCUT2D eigenvalue weighted by Crippen LogP contribution is -2.50. The zero-order valence-corrected chi connectivity index (χ0v) is 9.89. The maximum Gasteiger partial charge on any atom is 0.244 e. The number of rotatable bonds is 4. The average molecular weight is 242 g/mol. The lowest BCUT2D eigenvalue weighted by Gasteiger charge is -2.25. The first-order chi connectivity index (χ1) is 7.91. The molecule has 0 heterocycles. The summed E-state index contributed by atoms with van der Waals surface area (Å²) in [5.74, 6) is -1.92. The fraction of sp³-hybridized carbons (Fsp3) is 0.417. The highest BCUT2D eigenvalue weighted by atomic mass is 19.1. The van der Waals surface area contributed by atoms with Gasteiger partial charge in [0.25, 0.3) is 0 Å². The Hall–Kier alpha value is -1.49. The number of nitrogens with one attached hydrogen (secondary N) is 1. The molecule has 0 fully saturated rings. The van der Waals surface area contributed by atoms with Gasteiger partial charge in [0, 0.05) is 11.8 Å². The van der Waals surface area contributed by atoms with Gasteiger partial charge in [0.2, 0.25) is 5.91 Å². The van der Waals surface area contributed by atoms with Gasteiger partial charge in [-0.2, -0.15) is 0 Å². The van der Waals surface area contributed by atoms with Gasteiger partial charge in [-0.15, -0.1) is 0 Å². The van der Waals surface area contributed by atoms with Crippen LogP contribution in [-0.4, -0.2) is 11.4 Å². The maximum atomic E-state index is 12.9. The smallest absolute Gasteiger partial charge is 0.244 e. The molecule has 0 unspecified atom stereocenters. The van der Waals surface area contributed by atoms with Crippen LogP contribution in [0.5, 0.6) is 0 Å². The van der Waals surface area contributed by atoms with E-state index in [1.807, 2.05) is 0 Å². The van der Waals surface area contributed by atoms with Gasteiger partial charge in [-0.1, -0.05) is 13.8 Å². The molecular weight excluding hydrogens is 226 g/mol. The van der Waals surface area contributed by atoms with Gasteiger partial charge in [0.1, 0.15) is 11.6 Å². The zero-order valence-electron chi connectivity index (χ0n) is 9.89. The van der Waals surface area contributed by atoms with Crippen LogP contribution in [0, 0.1) is 11.6 Å². The van der Waals surface area contributed by atoms with Gasteiger partial charge in [-0.25, -0.2) is 8.78 Å². The van der Waals surface area contributed by atoms with Gasteiger partial charge >= 0.3 is 0 Å². The third-order valence-electron chi connectivity index (χ3n) is 2.83. The van der Waals surface area contributed by atoms with Crippen molar-refractivity contribution in [1.29, 1.82) is 0 Å². The van der Waals surface area contributed by atoms with Crippen molar-refractivity contribution < 1.29 is 13.6 Å². The minimum absolute atomic E-state index is 0.0734. The first-order valence-electron chi connectivity index (χ1n) is 5.47. The summed E-state index contributed by atoms with van der Waals surface area (Å²) in [5, 5.41) is 2.42. The Morgan fingerprint density at radius 1 is 1.24 bits per heavy atom. The molecule has 0 radical (unpaired) electrons. The van der Waals surface area contributed by atoms with Crippen LogP contribution in [0.3, 0.4) is 0 Å². The van der Waals surface area contributed by atoms with Crippen LogP contribution >= 0.6 is 0 Å². The Kier molecular flexibility index (Phi) is 4.17. The Balaban J connectivity index is 2.87. The van der Waals surface area contributed by atoms with E-state index in [1.54, 1.807) is 13.8 Å². The highest BCUT2D eigenvalue weighted by Gasteiger charge is 2.29. The summed E-state index contributed by atoms with van der Waals surface area (Å²) in [7, 11) is 0. The molecule has 1 amide bonds. The van der Waals surface area contributed by atoms with E-state index in [1.165, 1.54) is 0 Å². The molecule has 17 heavy (non-hydrogen) atoms. The van der Waals surface area contributed by atoms with E-state index in [4.69, 9.17) is 5.73 Å². The van der Waals surface area contributed by atoms with E-state index < -0.39 is 23.1 Å². The second-order valence-electron chi connectivity index (χ2n) is 3.98. The van der Waals surface area contributed by atoms with Crippen LogP contribution in [0.15, 0.2) is 18.2 Å². The number of halogens is 2. The lowest BCUT2D eigenvalue weighted by atomic mass is 9.93. The summed E-state index contributed by atoms with van der Waals surface area (Å²) in [6, 6.07) is 2.84. The van der Waals surface area contributed by atoms with E-state index >= 15 is 0 Å². The van der Waals surface area contributed by atoms with Crippen LogP contribution < -0.4 is 11.1 Å². The molecule has 0 aromatic heterocycles. The van der Waals surface area contributed by atoms with Gasteiger partial charge < -0.3 is 11.1 Å². The predicted octanol–water partition coefficient (Wildman–Crippen LogP) is 2.42. The summed E-state index contributed by atoms with van der Waals surface area (Å²) in [6.07, 6.45) is 0.903. The molecule has 0 aliphatic heterocycles. The summed E-state index contributed by atoms with van der Waals surface area (Å²) in [4.78, 5) is 11.8. The van der Waals surface area contributed by atoms with Crippen molar-refractivity contribution in [1.82, 2.24) is 0 Å². The number of anilines is 1. The van der Waals surface area contributed by atoms with Gasteiger partial charge in [-0.05, 0) is 25.0 Å². The van der Waals surface area contributed by atoms with E-state index in [-0.39, 0.29) is 5.69 Å². The molecule has 3 nitrogen and oxygen atoms in total. The topological polar surface area (TPSA) is 55.1 Å². The first kappa shape index (κ1) is 13.6. The molecule has 0 aliphatic carbocycles. The highest BCUT2D eigenvalue weighted by Crippen LogP contribution is 2.17. The summed E-state index contributed by atoms with van der Waals surface area (Å²) in [6.45, 7) is 3.57. The van der Waals surface area contributed by atoms with Crippen LogP contribution in [0.1, 0.15) is 26.7 Å². The Bertz CT molecular complexity index is 397. The molecular formula is C12H16F2N2O. The molecule has 1 rings (SSSR count). The Morgan fingerprint density at radius 3 is 2.12 bits per heavy atom. The van der Waals surface area contributed by atoms with Crippen molar-refractivity contribution in [2.45, 2.75) is 32.2 Å². The summed E-state index contributed by atoms with van der Waals surface area (Å²) >= 11 is 0.